The van der Waals surface area contributed by atoms with Gasteiger partial charge in [0.25, 0.3) is 0 Å². The molecule has 0 unspecified atom stereocenters. The Kier molecular flexibility index (Phi) is 6.57. The maximum atomic E-state index is 13.1. The first kappa shape index (κ1) is 20.3. The molecule has 1 aliphatic rings. The molecule has 0 N–H and O–H groups in total. The van der Waals surface area contributed by atoms with Crippen LogP contribution in [0.5, 0.6) is 0 Å². The molecule has 1 aromatic carbocycles. The molecule has 0 saturated carbocycles. The van der Waals surface area contributed by atoms with E-state index in [1.54, 1.807) is 24.3 Å². The second kappa shape index (κ2) is 8.73. The molecule has 3 rings (SSSR count). The molecule has 2 aromatic rings. The Morgan fingerprint density at radius 1 is 1.04 bits per heavy atom. The van der Waals surface area contributed by atoms with Crippen molar-refractivity contribution in [2.75, 3.05) is 39.3 Å². The largest absolute Gasteiger partial charge is 0.416 e. The molecule has 3 nitrogen and oxygen atoms in total. The van der Waals surface area contributed by atoms with Crippen LogP contribution in [-0.2, 0) is 12.6 Å². The summed E-state index contributed by atoms with van der Waals surface area (Å²) >= 11 is 7.15. The Labute approximate surface area is 165 Å². The van der Waals surface area contributed by atoms with Crippen molar-refractivity contribution in [1.82, 2.24) is 9.80 Å². The van der Waals surface area contributed by atoms with Gasteiger partial charge in [-0.3, -0.25) is 9.69 Å². The van der Waals surface area contributed by atoms with Gasteiger partial charge in [-0.05, 0) is 30.2 Å². The van der Waals surface area contributed by atoms with Crippen molar-refractivity contribution in [3.8, 4) is 0 Å². The first-order chi connectivity index (χ1) is 12.8. The number of benzene rings is 1. The number of carbonyl (C=O) groups excluding carboxylic acids is 1. The third-order valence-electron chi connectivity index (χ3n) is 4.70. The molecule has 146 valence electrons. The molecular formula is C19H20ClF3N2OS. The molecule has 0 bridgehead atoms. The summed E-state index contributed by atoms with van der Waals surface area (Å²) in [6, 6.07) is 9.20. The van der Waals surface area contributed by atoms with Gasteiger partial charge >= 0.3 is 6.18 Å². The molecule has 0 amide bonds. The van der Waals surface area contributed by atoms with E-state index in [9.17, 15) is 18.0 Å². The summed E-state index contributed by atoms with van der Waals surface area (Å²) in [6.45, 7) is 3.87. The lowest BCUT2D eigenvalue weighted by atomic mass is 10.0. The predicted molar refractivity (Wildman–Crippen MR) is 102 cm³/mol. The third kappa shape index (κ3) is 5.54. The van der Waals surface area contributed by atoms with Gasteiger partial charge in [0.15, 0.2) is 5.78 Å². The van der Waals surface area contributed by atoms with Crippen molar-refractivity contribution >= 4 is 28.7 Å². The molecular weight excluding hydrogens is 397 g/mol. The monoisotopic (exact) mass is 416 g/mol. The summed E-state index contributed by atoms with van der Waals surface area (Å²) < 4.78 is 39.8. The van der Waals surface area contributed by atoms with Crippen LogP contribution in [-0.4, -0.2) is 54.9 Å². The van der Waals surface area contributed by atoms with Gasteiger partial charge in [-0.15, -0.1) is 11.3 Å². The van der Waals surface area contributed by atoms with E-state index in [2.05, 4.69) is 9.80 Å². The van der Waals surface area contributed by atoms with Gasteiger partial charge in [-0.1, -0.05) is 29.8 Å². The predicted octanol–water partition coefficient (Wildman–Crippen LogP) is 4.46. The normalized spacial score (nSPS) is 16.6. The van der Waals surface area contributed by atoms with Gasteiger partial charge in [-0.25, -0.2) is 0 Å². The zero-order valence-electron chi connectivity index (χ0n) is 14.6. The molecule has 1 saturated heterocycles. The minimum absolute atomic E-state index is 0.0551. The van der Waals surface area contributed by atoms with Crippen LogP contribution in [0.25, 0.3) is 0 Å². The number of piperazine rings is 1. The Morgan fingerprint density at radius 2 is 1.70 bits per heavy atom. The van der Waals surface area contributed by atoms with E-state index in [4.69, 9.17) is 11.6 Å². The van der Waals surface area contributed by atoms with Crippen LogP contribution in [0.3, 0.4) is 0 Å². The first-order valence-corrected chi connectivity index (χ1v) is 9.91. The van der Waals surface area contributed by atoms with Gasteiger partial charge in [0.2, 0.25) is 0 Å². The SMILES string of the molecule is O=C(CN1CCN(CCc2ccccc2C(F)(F)F)CC1)c1ccc(Cl)s1. The van der Waals surface area contributed by atoms with E-state index in [0.717, 1.165) is 32.2 Å². The Bertz CT molecular complexity index is 785. The minimum Gasteiger partial charge on any atom is -0.300 e. The van der Waals surface area contributed by atoms with Crippen LogP contribution in [0.2, 0.25) is 4.34 Å². The second-order valence-electron chi connectivity index (χ2n) is 6.55. The minimum atomic E-state index is -4.32. The molecule has 1 aromatic heterocycles. The molecule has 1 fully saturated rings. The highest BCUT2D eigenvalue weighted by molar-refractivity contribution is 7.18. The summed E-state index contributed by atoms with van der Waals surface area (Å²) in [5.41, 5.74) is -0.221. The van der Waals surface area contributed by atoms with Crippen molar-refractivity contribution in [2.24, 2.45) is 0 Å². The van der Waals surface area contributed by atoms with Crippen LogP contribution in [0.4, 0.5) is 13.2 Å². The van der Waals surface area contributed by atoms with Crippen molar-refractivity contribution in [1.29, 1.82) is 0 Å². The smallest absolute Gasteiger partial charge is 0.300 e. The standard InChI is InChI=1S/C19H20ClF3N2OS/c20-18-6-5-17(27-18)16(26)13-25-11-9-24(10-12-25)8-7-14-3-1-2-4-15(14)19(21,22)23/h1-6H,7-13H2. The highest BCUT2D eigenvalue weighted by atomic mass is 35.5. The number of halogens is 4. The molecule has 2 heterocycles. The molecule has 27 heavy (non-hydrogen) atoms. The average Bonchev–Trinajstić information content (AvgIpc) is 3.07. The number of rotatable bonds is 6. The molecule has 8 heteroatoms. The van der Waals surface area contributed by atoms with E-state index in [1.165, 1.54) is 17.4 Å². The molecule has 0 atom stereocenters. The number of hydrogen-bond donors (Lipinski definition) is 0. The van der Waals surface area contributed by atoms with Crippen molar-refractivity contribution in [3.05, 3.63) is 56.7 Å². The van der Waals surface area contributed by atoms with Gasteiger partial charge < -0.3 is 4.90 Å². The molecule has 0 aliphatic carbocycles. The van der Waals surface area contributed by atoms with Crippen LogP contribution >= 0.6 is 22.9 Å². The Hall–Kier alpha value is -1.41. The topological polar surface area (TPSA) is 23.6 Å². The summed E-state index contributed by atoms with van der Waals surface area (Å²) in [7, 11) is 0. The molecule has 1 aliphatic heterocycles. The van der Waals surface area contributed by atoms with Crippen molar-refractivity contribution < 1.29 is 18.0 Å². The number of Topliss-reactive ketones (excluding diaryl/α,β-unsaturated/α-hetero) is 1. The Balaban J connectivity index is 1.47. The number of thiophene rings is 1. The average molecular weight is 417 g/mol. The van der Waals surface area contributed by atoms with Crippen molar-refractivity contribution in [3.63, 3.8) is 0 Å². The zero-order valence-corrected chi connectivity index (χ0v) is 16.2. The highest BCUT2D eigenvalue weighted by Gasteiger charge is 2.32. The summed E-state index contributed by atoms with van der Waals surface area (Å²) in [4.78, 5) is 17.1. The number of carbonyl (C=O) groups is 1. The van der Waals surface area contributed by atoms with E-state index < -0.39 is 11.7 Å². The number of hydrogen-bond acceptors (Lipinski definition) is 4. The molecule has 0 spiro atoms. The van der Waals surface area contributed by atoms with Crippen LogP contribution in [0.15, 0.2) is 36.4 Å². The summed E-state index contributed by atoms with van der Waals surface area (Å²) in [5, 5.41) is 0. The lowest BCUT2D eigenvalue weighted by molar-refractivity contribution is -0.138. The fourth-order valence-corrected chi connectivity index (χ4v) is 4.18. The lowest BCUT2D eigenvalue weighted by Gasteiger charge is -2.34. The third-order valence-corrected chi connectivity index (χ3v) is 5.97. The van der Waals surface area contributed by atoms with E-state index in [1.807, 2.05) is 0 Å². The Morgan fingerprint density at radius 3 is 2.33 bits per heavy atom. The van der Waals surface area contributed by atoms with Crippen molar-refractivity contribution in [2.45, 2.75) is 12.6 Å². The number of nitrogens with zero attached hydrogens (tertiary/aromatic N) is 2. The fraction of sp³-hybridized carbons (Fsp3) is 0.421. The van der Waals surface area contributed by atoms with Gasteiger partial charge in [0.1, 0.15) is 0 Å². The quantitative estimate of drug-likeness (QED) is 0.649. The first-order valence-electron chi connectivity index (χ1n) is 8.71. The van der Waals surface area contributed by atoms with Gasteiger partial charge in [-0.2, -0.15) is 13.2 Å². The van der Waals surface area contributed by atoms with Gasteiger partial charge in [0, 0.05) is 32.7 Å². The van der Waals surface area contributed by atoms with E-state index in [-0.39, 0.29) is 5.78 Å². The van der Waals surface area contributed by atoms with Gasteiger partial charge in [0.05, 0.1) is 21.3 Å². The van der Waals surface area contributed by atoms with Crippen LogP contribution in [0.1, 0.15) is 20.8 Å². The van der Waals surface area contributed by atoms with Crippen LogP contribution < -0.4 is 0 Å². The zero-order chi connectivity index (χ0) is 19.4. The second-order valence-corrected chi connectivity index (χ2v) is 8.26. The fourth-order valence-electron chi connectivity index (χ4n) is 3.21. The highest BCUT2D eigenvalue weighted by Crippen LogP contribution is 2.32. The maximum Gasteiger partial charge on any atom is 0.416 e. The van der Waals surface area contributed by atoms with E-state index >= 15 is 0 Å². The number of ketones is 1. The summed E-state index contributed by atoms with van der Waals surface area (Å²) in [5.74, 6) is 0.0551. The maximum absolute atomic E-state index is 13.1. The van der Waals surface area contributed by atoms with E-state index in [0.29, 0.717) is 34.3 Å². The molecule has 0 radical (unpaired) electrons. The summed E-state index contributed by atoms with van der Waals surface area (Å²) in [6.07, 6.45) is -3.96. The number of alkyl halides is 3. The van der Waals surface area contributed by atoms with Crippen LogP contribution in [0, 0.1) is 0 Å². The lowest BCUT2D eigenvalue weighted by Crippen LogP contribution is -2.48.